The van der Waals surface area contributed by atoms with Crippen LogP contribution in [0.25, 0.3) is 0 Å². The number of carbonyl (C=O) groups excluding carboxylic acids is 1. The molecule has 1 aliphatic rings. The van der Waals surface area contributed by atoms with Crippen molar-refractivity contribution in [3.05, 3.63) is 0 Å². The lowest BCUT2D eigenvalue weighted by molar-refractivity contribution is -0.160. The van der Waals surface area contributed by atoms with Crippen molar-refractivity contribution in [2.24, 2.45) is 5.73 Å². The summed E-state index contributed by atoms with van der Waals surface area (Å²) in [5.74, 6) is -0.0726. The van der Waals surface area contributed by atoms with E-state index in [0.717, 1.165) is 0 Å². The zero-order chi connectivity index (χ0) is 10.6. The fourth-order valence-corrected chi connectivity index (χ4v) is 1.40. The van der Waals surface area contributed by atoms with E-state index in [4.69, 9.17) is 10.5 Å². The van der Waals surface area contributed by atoms with Gasteiger partial charge in [0.05, 0.1) is 25.3 Å². The molecule has 5 heteroatoms. The SMILES string of the molecule is CCC1(O)CN(C(=O)COCCN)C1. The maximum Gasteiger partial charge on any atom is 0.248 e. The molecule has 5 nitrogen and oxygen atoms in total. The highest BCUT2D eigenvalue weighted by Crippen LogP contribution is 2.23. The topological polar surface area (TPSA) is 75.8 Å². The normalized spacial score (nSPS) is 19.2. The summed E-state index contributed by atoms with van der Waals surface area (Å²) < 4.78 is 5.01. The van der Waals surface area contributed by atoms with Crippen molar-refractivity contribution < 1.29 is 14.6 Å². The van der Waals surface area contributed by atoms with Gasteiger partial charge < -0.3 is 20.5 Å². The first-order chi connectivity index (χ1) is 6.61. The minimum atomic E-state index is -0.663. The molecule has 0 aromatic rings. The summed E-state index contributed by atoms with van der Waals surface area (Å²) in [6, 6.07) is 0. The van der Waals surface area contributed by atoms with E-state index in [0.29, 0.717) is 32.7 Å². The molecule has 1 saturated heterocycles. The van der Waals surface area contributed by atoms with Gasteiger partial charge in [0.1, 0.15) is 6.61 Å². The van der Waals surface area contributed by atoms with Gasteiger partial charge in [-0.2, -0.15) is 0 Å². The van der Waals surface area contributed by atoms with E-state index in [1.165, 1.54) is 0 Å². The van der Waals surface area contributed by atoms with Crippen LogP contribution in [0.15, 0.2) is 0 Å². The van der Waals surface area contributed by atoms with Crippen LogP contribution in [0.3, 0.4) is 0 Å². The Bertz CT molecular complexity index is 202. The molecule has 0 aromatic carbocycles. The number of hydrogen-bond donors (Lipinski definition) is 2. The first kappa shape index (κ1) is 11.4. The molecule has 0 atom stereocenters. The van der Waals surface area contributed by atoms with Crippen LogP contribution in [0.5, 0.6) is 0 Å². The highest BCUT2D eigenvalue weighted by atomic mass is 16.5. The van der Waals surface area contributed by atoms with Crippen molar-refractivity contribution in [2.75, 3.05) is 32.8 Å². The summed E-state index contributed by atoms with van der Waals surface area (Å²) >= 11 is 0. The lowest BCUT2D eigenvalue weighted by Gasteiger charge is -2.46. The minimum Gasteiger partial charge on any atom is -0.386 e. The average molecular weight is 202 g/mol. The van der Waals surface area contributed by atoms with Crippen LogP contribution in [-0.2, 0) is 9.53 Å². The molecule has 1 aliphatic heterocycles. The second-order valence-corrected chi connectivity index (χ2v) is 3.67. The molecule has 1 heterocycles. The number of nitrogens with two attached hydrogens (primary N) is 1. The van der Waals surface area contributed by atoms with E-state index in [9.17, 15) is 9.90 Å². The predicted molar refractivity (Wildman–Crippen MR) is 51.7 cm³/mol. The van der Waals surface area contributed by atoms with Crippen molar-refractivity contribution in [1.82, 2.24) is 4.90 Å². The number of rotatable bonds is 5. The molecule has 3 N–H and O–H groups in total. The number of nitrogens with zero attached hydrogens (tertiary/aromatic N) is 1. The molecule has 0 bridgehead atoms. The van der Waals surface area contributed by atoms with E-state index in [1.807, 2.05) is 6.92 Å². The van der Waals surface area contributed by atoms with Gasteiger partial charge in [-0.15, -0.1) is 0 Å². The third-order valence-corrected chi connectivity index (χ3v) is 2.47. The minimum absolute atomic E-state index is 0.0665. The van der Waals surface area contributed by atoms with Gasteiger partial charge in [-0.05, 0) is 6.42 Å². The molecular formula is C9H18N2O3. The maximum atomic E-state index is 11.4. The summed E-state index contributed by atoms with van der Waals surface area (Å²) in [5, 5.41) is 9.65. The fraction of sp³-hybridized carbons (Fsp3) is 0.889. The smallest absolute Gasteiger partial charge is 0.248 e. The van der Waals surface area contributed by atoms with Crippen molar-refractivity contribution in [3.8, 4) is 0 Å². The van der Waals surface area contributed by atoms with E-state index in [-0.39, 0.29) is 12.5 Å². The van der Waals surface area contributed by atoms with Gasteiger partial charge in [-0.1, -0.05) is 6.92 Å². The zero-order valence-corrected chi connectivity index (χ0v) is 8.53. The first-order valence-corrected chi connectivity index (χ1v) is 4.89. The Morgan fingerprint density at radius 3 is 2.79 bits per heavy atom. The second kappa shape index (κ2) is 4.72. The Labute approximate surface area is 83.8 Å². The fourth-order valence-electron chi connectivity index (χ4n) is 1.40. The molecule has 82 valence electrons. The number of carbonyl (C=O) groups is 1. The van der Waals surface area contributed by atoms with Crippen LogP contribution in [0, 0.1) is 0 Å². The number of hydrogen-bond acceptors (Lipinski definition) is 4. The van der Waals surface area contributed by atoms with Crippen molar-refractivity contribution in [1.29, 1.82) is 0 Å². The van der Waals surface area contributed by atoms with Gasteiger partial charge in [0.2, 0.25) is 5.91 Å². The molecule has 0 aliphatic carbocycles. The van der Waals surface area contributed by atoms with Gasteiger partial charge in [-0.3, -0.25) is 4.79 Å². The van der Waals surface area contributed by atoms with Gasteiger partial charge in [0.25, 0.3) is 0 Å². The largest absolute Gasteiger partial charge is 0.386 e. The molecule has 0 unspecified atom stereocenters. The number of aliphatic hydroxyl groups is 1. The molecule has 14 heavy (non-hydrogen) atoms. The van der Waals surface area contributed by atoms with Crippen LogP contribution in [0.2, 0.25) is 0 Å². The average Bonchev–Trinajstić information content (AvgIpc) is 2.13. The molecular weight excluding hydrogens is 184 g/mol. The van der Waals surface area contributed by atoms with Crippen molar-refractivity contribution in [3.63, 3.8) is 0 Å². The van der Waals surface area contributed by atoms with E-state index < -0.39 is 5.60 Å². The van der Waals surface area contributed by atoms with E-state index >= 15 is 0 Å². The van der Waals surface area contributed by atoms with Crippen molar-refractivity contribution in [2.45, 2.75) is 18.9 Å². The second-order valence-electron chi connectivity index (χ2n) is 3.67. The Kier molecular flexibility index (Phi) is 3.86. The highest BCUT2D eigenvalue weighted by molar-refractivity contribution is 5.78. The number of ether oxygens (including phenoxy) is 1. The highest BCUT2D eigenvalue weighted by Gasteiger charge is 2.41. The van der Waals surface area contributed by atoms with E-state index in [1.54, 1.807) is 4.90 Å². The summed E-state index contributed by atoms with van der Waals surface area (Å²) in [5.41, 5.74) is 4.55. The molecule has 1 fully saturated rings. The van der Waals surface area contributed by atoms with Crippen LogP contribution in [-0.4, -0.2) is 54.4 Å². The summed E-state index contributed by atoms with van der Waals surface area (Å²) in [6.07, 6.45) is 0.681. The number of β-amino-alcohol motifs (C(OH)–C–C–N with tert-alkyl or cyclic N) is 1. The van der Waals surface area contributed by atoms with Crippen molar-refractivity contribution >= 4 is 5.91 Å². The van der Waals surface area contributed by atoms with Crippen LogP contribution in [0.1, 0.15) is 13.3 Å². The zero-order valence-electron chi connectivity index (χ0n) is 8.53. The van der Waals surface area contributed by atoms with Crippen LogP contribution in [0.4, 0.5) is 0 Å². The molecule has 1 rings (SSSR count). The quantitative estimate of drug-likeness (QED) is 0.557. The van der Waals surface area contributed by atoms with E-state index in [2.05, 4.69) is 0 Å². The Hall–Kier alpha value is -0.650. The Morgan fingerprint density at radius 1 is 1.64 bits per heavy atom. The molecule has 0 saturated carbocycles. The lowest BCUT2D eigenvalue weighted by atomic mass is 9.91. The number of amides is 1. The van der Waals surface area contributed by atoms with Gasteiger partial charge in [0.15, 0.2) is 0 Å². The van der Waals surface area contributed by atoms with Crippen LogP contribution < -0.4 is 5.73 Å². The Morgan fingerprint density at radius 2 is 2.29 bits per heavy atom. The molecule has 0 aromatic heterocycles. The van der Waals surface area contributed by atoms with Gasteiger partial charge >= 0.3 is 0 Å². The molecule has 1 amide bonds. The summed E-state index contributed by atoms with van der Waals surface area (Å²) in [4.78, 5) is 13.0. The third kappa shape index (κ3) is 2.67. The predicted octanol–water partition coefficient (Wildman–Crippen LogP) is -1.05. The summed E-state index contributed by atoms with van der Waals surface area (Å²) in [6.45, 7) is 3.65. The van der Waals surface area contributed by atoms with Gasteiger partial charge in [0, 0.05) is 6.54 Å². The summed E-state index contributed by atoms with van der Waals surface area (Å²) in [7, 11) is 0. The lowest BCUT2D eigenvalue weighted by Crippen LogP contribution is -2.63. The Balaban J connectivity index is 2.16. The molecule has 0 spiro atoms. The third-order valence-electron chi connectivity index (χ3n) is 2.47. The maximum absolute atomic E-state index is 11.4. The number of likely N-dealkylation sites (tertiary alicyclic amines) is 1. The first-order valence-electron chi connectivity index (χ1n) is 4.89. The molecule has 0 radical (unpaired) electrons. The standard InChI is InChI=1S/C9H18N2O3/c1-2-9(13)6-11(7-9)8(12)5-14-4-3-10/h13H,2-7,10H2,1H3. The van der Waals surface area contributed by atoms with Gasteiger partial charge in [-0.25, -0.2) is 0 Å². The monoisotopic (exact) mass is 202 g/mol. The van der Waals surface area contributed by atoms with Crippen LogP contribution >= 0.6 is 0 Å².